The lowest BCUT2D eigenvalue weighted by Crippen LogP contribution is -2.45. The topological polar surface area (TPSA) is 55.8 Å². The van der Waals surface area contributed by atoms with Crippen LogP contribution in [-0.2, 0) is 19.5 Å². The molecular weight excluding hydrogens is 507 g/mol. The van der Waals surface area contributed by atoms with E-state index in [1.807, 2.05) is 13.2 Å². The maximum Gasteiger partial charge on any atom is 0.191 e. The van der Waals surface area contributed by atoms with Crippen molar-refractivity contribution >= 4 is 41.3 Å². The minimum atomic E-state index is 0. The van der Waals surface area contributed by atoms with Gasteiger partial charge in [-0.25, -0.2) is 4.98 Å². The molecule has 30 heavy (non-hydrogen) atoms. The highest BCUT2D eigenvalue weighted by atomic mass is 127. The maximum absolute atomic E-state index is 4.42. The number of aliphatic imine (C=N–C) groups is 1. The summed E-state index contributed by atoms with van der Waals surface area (Å²) in [6, 6.07) is 8.74. The van der Waals surface area contributed by atoms with Gasteiger partial charge in [0.1, 0.15) is 0 Å². The standard InChI is InChI=1S/C22H34N6S.HI/c1-4-27-11-13-28(14-12-27)17-20-8-6-5-7-19(20)16-26-22(23-3)24-10-9-21-25-15-18(2)29-21;/h5-8,15H,4,9-14,16-17H2,1-3H3,(H2,23,24,26);1H. The Kier molecular flexibility index (Phi) is 11.0. The van der Waals surface area contributed by atoms with Gasteiger partial charge in [-0.15, -0.1) is 35.3 Å². The fourth-order valence-electron chi connectivity index (χ4n) is 3.59. The van der Waals surface area contributed by atoms with Crippen LogP contribution in [0.4, 0.5) is 0 Å². The molecule has 1 fully saturated rings. The van der Waals surface area contributed by atoms with Crippen LogP contribution in [0, 0.1) is 6.92 Å². The molecule has 2 N–H and O–H groups in total. The number of guanidine groups is 1. The van der Waals surface area contributed by atoms with Crippen molar-refractivity contribution in [2.75, 3.05) is 46.3 Å². The summed E-state index contributed by atoms with van der Waals surface area (Å²) in [7, 11) is 1.82. The second kappa shape index (κ2) is 13.2. The zero-order valence-corrected chi connectivity index (χ0v) is 21.5. The van der Waals surface area contributed by atoms with Crippen LogP contribution in [-0.4, -0.2) is 67.1 Å². The highest BCUT2D eigenvalue weighted by Crippen LogP contribution is 2.14. The van der Waals surface area contributed by atoms with E-state index >= 15 is 0 Å². The molecule has 0 amide bonds. The van der Waals surface area contributed by atoms with Gasteiger partial charge >= 0.3 is 0 Å². The molecule has 0 saturated carbocycles. The Morgan fingerprint density at radius 3 is 2.43 bits per heavy atom. The Morgan fingerprint density at radius 2 is 1.80 bits per heavy atom. The molecule has 1 aliphatic rings. The molecule has 1 aliphatic heterocycles. The molecule has 0 atom stereocenters. The summed E-state index contributed by atoms with van der Waals surface area (Å²) in [5, 5.41) is 8.03. The van der Waals surface area contributed by atoms with Gasteiger partial charge in [0, 0.05) is 70.4 Å². The summed E-state index contributed by atoms with van der Waals surface area (Å²) in [6.45, 7) is 12.8. The van der Waals surface area contributed by atoms with E-state index in [0.717, 1.165) is 51.6 Å². The van der Waals surface area contributed by atoms with E-state index in [1.54, 1.807) is 11.3 Å². The molecule has 166 valence electrons. The van der Waals surface area contributed by atoms with Crippen molar-refractivity contribution in [1.29, 1.82) is 0 Å². The van der Waals surface area contributed by atoms with Gasteiger partial charge in [-0.05, 0) is 24.6 Å². The van der Waals surface area contributed by atoms with Gasteiger partial charge in [0.15, 0.2) is 5.96 Å². The number of piperazine rings is 1. The van der Waals surface area contributed by atoms with E-state index in [2.05, 4.69) is 68.5 Å². The minimum Gasteiger partial charge on any atom is -0.356 e. The van der Waals surface area contributed by atoms with Gasteiger partial charge in [0.2, 0.25) is 0 Å². The first-order valence-electron chi connectivity index (χ1n) is 10.5. The van der Waals surface area contributed by atoms with Crippen molar-refractivity contribution in [1.82, 2.24) is 25.4 Å². The van der Waals surface area contributed by atoms with Crippen LogP contribution in [0.1, 0.15) is 27.9 Å². The van der Waals surface area contributed by atoms with Gasteiger partial charge in [-0.2, -0.15) is 0 Å². The summed E-state index contributed by atoms with van der Waals surface area (Å²) >= 11 is 1.76. The fraction of sp³-hybridized carbons (Fsp3) is 0.545. The highest BCUT2D eigenvalue weighted by Gasteiger charge is 2.16. The Morgan fingerprint density at radius 1 is 1.10 bits per heavy atom. The van der Waals surface area contributed by atoms with E-state index in [9.17, 15) is 0 Å². The van der Waals surface area contributed by atoms with Gasteiger partial charge in [0.25, 0.3) is 0 Å². The first kappa shape index (κ1) is 25.0. The van der Waals surface area contributed by atoms with E-state index in [4.69, 9.17) is 0 Å². The second-order valence-electron chi connectivity index (χ2n) is 7.45. The molecule has 0 spiro atoms. The molecule has 3 rings (SSSR count). The summed E-state index contributed by atoms with van der Waals surface area (Å²) in [5.41, 5.74) is 2.74. The second-order valence-corrected chi connectivity index (χ2v) is 8.77. The van der Waals surface area contributed by atoms with Gasteiger partial charge in [-0.3, -0.25) is 9.89 Å². The third kappa shape index (κ3) is 7.79. The van der Waals surface area contributed by atoms with E-state index in [0.29, 0.717) is 0 Å². The first-order chi connectivity index (χ1) is 14.2. The monoisotopic (exact) mass is 542 g/mol. The molecule has 1 aromatic heterocycles. The predicted octanol–water partition coefficient (Wildman–Crippen LogP) is 3.11. The summed E-state index contributed by atoms with van der Waals surface area (Å²) in [4.78, 5) is 15.1. The third-order valence-corrected chi connectivity index (χ3v) is 6.37. The van der Waals surface area contributed by atoms with Crippen molar-refractivity contribution in [2.45, 2.75) is 33.4 Å². The highest BCUT2D eigenvalue weighted by molar-refractivity contribution is 14.0. The Labute approximate surface area is 202 Å². The van der Waals surface area contributed by atoms with E-state index in [1.165, 1.54) is 34.1 Å². The molecule has 1 saturated heterocycles. The molecule has 8 heteroatoms. The van der Waals surface area contributed by atoms with Crippen LogP contribution in [0.15, 0.2) is 35.5 Å². The summed E-state index contributed by atoms with van der Waals surface area (Å²) in [6.07, 6.45) is 2.85. The number of thiazole rings is 1. The van der Waals surface area contributed by atoms with E-state index in [-0.39, 0.29) is 24.0 Å². The Bertz CT molecular complexity index is 785. The molecular formula is C22H35IN6S. The van der Waals surface area contributed by atoms with Crippen LogP contribution in [0.5, 0.6) is 0 Å². The minimum absolute atomic E-state index is 0. The number of hydrogen-bond donors (Lipinski definition) is 2. The predicted molar refractivity (Wildman–Crippen MR) is 138 cm³/mol. The normalized spacial score (nSPS) is 15.6. The molecule has 0 aliphatic carbocycles. The van der Waals surface area contributed by atoms with Gasteiger partial charge in [0.05, 0.1) is 5.01 Å². The Balaban J connectivity index is 0.00000320. The lowest BCUT2D eigenvalue weighted by molar-refractivity contribution is 0.131. The lowest BCUT2D eigenvalue weighted by atomic mass is 10.1. The first-order valence-corrected chi connectivity index (χ1v) is 11.4. The van der Waals surface area contributed by atoms with Crippen LogP contribution < -0.4 is 10.6 Å². The smallest absolute Gasteiger partial charge is 0.191 e. The van der Waals surface area contributed by atoms with Crippen LogP contribution >= 0.6 is 35.3 Å². The number of nitrogens with one attached hydrogen (secondary N) is 2. The molecule has 0 radical (unpaired) electrons. The summed E-state index contributed by atoms with van der Waals surface area (Å²) in [5.74, 6) is 0.838. The quantitative estimate of drug-likeness (QED) is 0.305. The number of aromatic nitrogens is 1. The molecule has 2 aromatic rings. The number of nitrogens with zero attached hydrogens (tertiary/aromatic N) is 4. The number of rotatable bonds is 8. The number of benzene rings is 1. The summed E-state index contributed by atoms with van der Waals surface area (Å²) < 4.78 is 0. The maximum atomic E-state index is 4.42. The van der Waals surface area contributed by atoms with Gasteiger partial charge in [-0.1, -0.05) is 31.2 Å². The van der Waals surface area contributed by atoms with Crippen LogP contribution in [0.3, 0.4) is 0 Å². The molecule has 6 nitrogen and oxygen atoms in total. The average Bonchev–Trinajstić information content (AvgIpc) is 3.17. The van der Waals surface area contributed by atoms with Gasteiger partial charge < -0.3 is 15.5 Å². The number of likely N-dealkylation sites (N-methyl/N-ethyl adjacent to an activating group) is 1. The van der Waals surface area contributed by atoms with Crippen molar-refractivity contribution in [2.24, 2.45) is 4.99 Å². The third-order valence-electron chi connectivity index (χ3n) is 5.39. The molecule has 0 unspecified atom stereocenters. The molecule has 1 aromatic carbocycles. The van der Waals surface area contributed by atoms with E-state index < -0.39 is 0 Å². The molecule has 2 heterocycles. The fourth-order valence-corrected chi connectivity index (χ4v) is 4.38. The zero-order chi connectivity index (χ0) is 20.5. The SMILES string of the molecule is CCN1CCN(Cc2ccccc2CNC(=NC)NCCc2ncc(C)s2)CC1.I. The Hall–Kier alpha value is -1.23. The number of hydrogen-bond acceptors (Lipinski definition) is 5. The van der Waals surface area contributed by atoms with Crippen molar-refractivity contribution in [3.63, 3.8) is 0 Å². The lowest BCUT2D eigenvalue weighted by Gasteiger charge is -2.34. The molecule has 0 bridgehead atoms. The van der Waals surface area contributed by atoms with Crippen molar-refractivity contribution in [3.05, 3.63) is 51.5 Å². The largest absolute Gasteiger partial charge is 0.356 e. The number of halogens is 1. The van der Waals surface area contributed by atoms with Crippen LogP contribution in [0.2, 0.25) is 0 Å². The van der Waals surface area contributed by atoms with Crippen molar-refractivity contribution < 1.29 is 0 Å². The van der Waals surface area contributed by atoms with Crippen LogP contribution in [0.25, 0.3) is 0 Å². The average molecular weight is 543 g/mol. The number of aryl methyl sites for hydroxylation is 1. The zero-order valence-electron chi connectivity index (χ0n) is 18.4. The van der Waals surface area contributed by atoms with Crippen molar-refractivity contribution in [3.8, 4) is 0 Å².